The molecule has 4 aromatic rings. The molecule has 134 valence electrons. The summed E-state index contributed by atoms with van der Waals surface area (Å²) in [6, 6.07) is 15.0. The maximum atomic E-state index is 12.4. The van der Waals surface area contributed by atoms with E-state index in [-0.39, 0.29) is 11.6 Å². The molecule has 1 N–H and O–H groups in total. The van der Waals surface area contributed by atoms with Crippen LogP contribution < -0.4 is 5.32 Å². The first-order chi connectivity index (χ1) is 13.2. The predicted molar refractivity (Wildman–Crippen MR) is 99.5 cm³/mol. The Morgan fingerprint density at radius 2 is 1.96 bits per heavy atom. The van der Waals surface area contributed by atoms with Crippen LogP contribution in [0.25, 0.3) is 22.6 Å². The van der Waals surface area contributed by atoms with Crippen LogP contribution in [-0.2, 0) is 13.6 Å². The summed E-state index contributed by atoms with van der Waals surface area (Å²) in [4.78, 5) is 16.6. The van der Waals surface area contributed by atoms with E-state index in [1.807, 2.05) is 49.5 Å². The summed E-state index contributed by atoms with van der Waals surface area (Å²) in [5.74, 6) is 0.257. The summed E-state index contributed by atoms with van der Waals surface area (Å²) in [5.41, 5.74) is 3.89. The zero-order valence-electron chi connectivity index (χ0n) is 14.7. The Morgan fingerprint density at radius 1 is 1.11 bits per heavy atom. The van der Waals surface area contributed by atoms with Crippen LogP contribution in [0.15, 0.2) is 71.6 Å². The van der Waals surface area contributed by atoms with Crippen molar-refractivity contribution < 1.29 is 9.32 Å². The maximum absolute atomic E-state index is 12.4. The van der Waals surface area contributed by atoms with Crippen molar-refractivity contribution in [2.45, 2.75) is 6.54 Å². The zero-order chi connectivity index (χ0) is 18.6. The molecular weight excluding hydrogens is 342 g/mol. The van der Waals surface area contributed by atoms with Crippen LogP contribution in [-0.4, -0.2) is 25.8 Å². The summed E-state index contributed by atoms with van der Waals surface area (Å²) in [6.07, 6.45) is 5.23. The molecule has 0 radical (unpaired) electrons. The van der Waals surface area contributed by atoms with E-state index in [2.05, 4.69) is 20.6 Å². The van der Waals surface area contributed by atoms with Gasteiger partial charge in [-0.1, -0.05) is 35.5 Å². The first-order valence-corrected chi connectivity index (χ1v) is 8.43. The summed E-state index contributed by atoms with van der Waals surface area (Å²) in [6.45, 7) is 0.338. The van der Waals surface area contributed by atoms with Crippen molar-refractivity contribution in [3.05, 3.63) is 78.4 Å². The standard InChI is InChI=1S/C20H17N5O2/c1-25-18(7-8-23-25)16-9-14(11-21-13-16)12-22-20(26)17-10-19(27-24-17)15-5-3-2-4-6-15/h2-11,13H,12H2,1H3,(H,22,26). The van der Waals surface area contributed by atoms with E-state index in [9.17, 15) is 4.79 Å². The Morgan fingerprint density at radius 3 is 2.74 bits per heavy atom. The third-order valence-corrected chi connectivity index (χ3v) is 4.17. The molecule has 3 heterocycles. The lowest BCUT2D eigenvalue weighted by molar-refractivity contribution is 0.0942. The van der Waals surface area contributed by atoms with Gasteiger partial charge in [-0.25, -0.2) is 0 Å². The molecule has 7 heteroatoms. The average Bonchev–Trinajstić information content (AvgIpc) is 3.36. The van der Waals surface area contributed by atoms with Crippen LogP contribution in [0.2, 0.25) is 0 Å². The molecule has 1 aromatic carbocycles. The van der Waals surface area contributed by atoms with Gasteiger partial charge in [0.2, 0.25) is 0 Å². The third-order valence-electron chi connectivity index (χ3n) is 4.17. The van der Waals surface area contributed by atoms with Crippen LogP contribution in [0.1, 0.15) is 16.1 Å². The Hall–Kier alpha value is -3.74. The van der Waals surface area contributed by atoms with Crippen LogP contribution in [0, 0.1) is 0 Å². The van der Waals surface area contributed by atoms with Crippen molar-refractivity contribution in [3.8, 4) is 22.6 Å². The van der Waals surface area contributed by atoms with Gasteiger partial charge in [-0.05, 0) is 17.7 Å². The fourth-order valence-corrected chi connectivity index (χ4v) is 2.77. The van der Waals surface area contributed by atoms with Gasteiger partial charge in [0, 0.05) is 49.4 Å². The number of pyridine rings is 1. The Bertz CT molecular complexity index is 1070. The highest BCUT2D eigenvalue weighted by Crippen LogP contribution is 2.20. The Labute approximate surface area is 155 Å². The predicted octanol–water partition coefficient (Wildman–Crippen LogP) is 3.07. The third kappa shape index (κ3) is 3.62. The number of nitrogens with one attached hydrogen (secondary N) is 1. The first kappa shape index (κ1) is 16.7. The van der Waals surface area contributed by atoms with Crippen molar-refractivity contribution in [1.29, 1.82) is 0 Å². The lowest BCUT2D eigenvalue weighted by Crippen LogP contribution is -2.23. The van der Waals surface area contributed by atoms with Crippen LogP contribution in [0.4, 0.5) is 0 Å². The molecule has 7 nitrogen and oxygen atoms in total. The van der Waals surface area contributed by atoms with E-state index in [0.29, 0.717) is 12.3 Å². The molecule has 0 fully saturated rings. The summed E-state index contributed by atoms with van der Waals surface area (Å²) < 4.78 is 7.05. The minimum Gasteiger partial charge on any atom is -0.355 e. The molecule has 3 aromatic heterocycles. The second-order valence-electron chi connectivity index (χ2n) is 6.05. The van der Waals surface area contributed by atoms with Gasteiger partial charge >= 0.3 is 0 Å². The average molecular weight is 359 g/mol. The summed E-state index contributed by atoms with van der Waals surface area (Å²) >= 11 is 0. The number of amides is 1. The van der Waals surface area contributed by atoms with E-state index in [0.717, 1.165) is 22.4 Å². The molecule has 0 aliphatic carbocycles. The van der Waals surface area contributed by atoms with Gasteiger partial charge in [-0.3, -0.25) is 14.5 Å². The quantitative estimate of drug-likeness (QED) is 0.592. The number of benzene rings is 1. The van der Waals surface area contributed by atoms with E-state index in [1.165, 1.54) is 0 Å². The molecule has 0 bridgehead atoms. The molecule has 4 rings (SSSR count). The van der Waals surface area contributed by atoms with Crippen LogP contribution >= 0.6 is 0 Å². The second-order valence-corrected chi connectivity index (χ2v) is 6.05. The number of aryl methyl sites for hydroxylation is 1. The highest BCUT2D eigenvalue weighted by atomic mass is 16.5. The molecule has 27 heavy (non-hydrogen) atoms. The van der Waals surface area contributed by atoms with Crippen LogP contribution in [0.3, 0.4) is 0 Å². The van der Waals surface area contributed by atoms with Gasteiger partial charge in [-0.2, -0.15) is 5.10 Å². The Kier molecular flexibility index (Phi) is 4.49. The zero-order valence-corrected chi connectivity index (χ0v) is 14.7. The minimum absolute atomic E-state index is 0.240. The number of carbonyl (C=O) groups excluding carboxylic acids is 1. The Balaban J connectivity index is 1.44. The molecule has 0 atom stereocenters. The van der Waals surface area contributed by atoms with Gasteiger partial charge in [0.05, 0.1) is 5.69 Å². The second kappa shape index (κ2) is 7.25. The normalized spacial score (nSPS) is 10.7. The van der Waals surface area contributed by atoms with Gasteiger partial charge < -0.3 is 9.84 Å². The molecule has 0 aliphatic rings. The molecule has 0 unspecified atom stereocenters. The molecule has 0 saturated heterocycles. The van der Waals surface area contributed by atoms with E-state index < -0.39 is 0 Å². The van der Waals surface area contributed by atoms with E-state index in [4.69, 9.17) is 4.52 Å². The number of aromatic nitrogens is 4. The number of nitrogens with zero attached hydrogens (tertiary/aromatic N) is 4. The van der Waals surface area contributed by atoms with Crippen LogP contribution in [0.5, 0.6) is 0 Å². The van der Waals surface area contributed by atoms with Gasteiger partial charge in [0.15, 0.2) is 11.5 Å². The fraction of sp³-hybridized carbons (Fsp3) is 0.100. The van der Waals surface area contributed by atoms with Crippen molar-refractivity contribution >= 4 is 5.91 Å². The number of carbonyl (C=O) groups is 1. The van der Waals surface area contributed by atoms with Crippen molar-refractivity contribution in [2.75, 3.05) is 0 Å². The number of hydrogen-bond acceptors (Lipinski definition) is 5. The van der Waals surface area contributed by atoms with Crippen molar-refractivity contribution in [2.24, 2.45) is 7.05 Å². The minimum atomic E-state index is -0.299. The van der Waals surface area contributed by atoms with Crippen molar-refractivity contribution in [1.82, 2.24) is 25.2 Å². The van der Waals surface area contributed by atoms with Crippen molar-refractivity contribution in [3.63, 3.8) is 0 Å². The molecule has 0 aliphatic heterocycles. The maximum Gasteiger partial charge on any atom is 0.273 e. The number of hydrogen-bond donors (Lipinski definition) is 1. The highest BCUT2D eigenvalue weighted by molar-refractivity contribution is 5.93. The largest absolute Gasteiger partial charge is 0.355 e. The topological polar surface area (TPSA) is 85.8 Å². The molecular formula is C20H17N5O2. The lowest BCUT2D eigenvalue weighted by atomic mass is 10.1. The number of rotatable bonds is 5. The highest BCUT2D eigenvalue weighted by Gasteiger charge is 2.13. The smallest absolute Gasteiger partial charge is 0.273 e. The van der Waals surface area contributed by atoms with E-state index >= 15 is 0 Å². The van der Waals surface area contributed by atoms with Gasteiger partial charge in [0.25, 0.3) is 5.91 Å². The van der Waals surface area contributed by atoms with E-state index in [1.54, 1.807) is 29.3 Å². The fourth-order valence-electron chi connectivity index (χ4n) is 2.77. The molecule has 0 spiro atoms. The lowest BCUT2D eigenvalue weighted by Gasteiger charge is -2.06. The van der Waals surface area contributed by atoms with Gasteiger partial charge in [-0.15, -0.1) is 0 Å². The summed E-state index contributed by atoms with van der Waals surface area (Å²) in [5, 5.41) is 10.9. The molecule has 0 saturated carbocycles. The monoisotopic (exact) mass is 359 g/mol. The van der Waals surface area contributed by atoms with Gasteiger partial charge in [0.1, 0.15) is 0 Å². The molecule has 1 amide bonds. The first-order valence-electron chi connectivity index (χ1n) is 8.43. The summed E-state index contributed by atoms with van der Waals surface area (Å²) in [7, 11) is 1.87. The SMILES string of the molecule is Cn1nccc1-c1cncc(CNC(=O)c2cc(-c3ccccc3)on2)c1.